The maximum atomic E-state index is 12.7. The Bertz CT molecular complexity index is 1290. The summed E-state index contributed by atoms with van der Waals surface area (Å²) in [5.41, 5.74) is 1.31. The number of ether oxygens (including phenoxy) is 2. The normalized spacial score (nSPS) is 10.9. The molecule has 1 N–H and O–H groups in total. The van der Waals surface area contributed by atoms with Crippen molar-refractivity contribution in [3.63, 3.8) is 0 Å². The number of hydrogen-bond donors (Lipinski definition) is 1. The summed E-state index contributed by atoms with van der Waals surface area (Å²) in [4.78, 5) is 24.6. The predicted octanol–water partition coefficient (Wildman–Crippen LogP) is 6.56. The number of nitrogens with zero attached hydrogens (tertiary/aromatic N) is 1. The highest BCUT2D eigenvalue weighted by molar-refractivity contribution is 6.37. The highest BCUT2D eigenvalue weighted by Crippen LogP contribution is 2.36. The molecular weight excluding hydrogens is 499 g/mol. The topological polar surface area (TPSA) is 88.4 Å². The van der Waals surface area contributed by atoms with Crippen molar-refractivity contribution in [3.8, 4) is 11.8 Å². The van der Waals surface area contributed by atoms with Crippen molar-refractivity contribution < 1.29 is 19.1 Å². The molecule has 0 saturated carbocycles. The van der Waals surface area contributed by atoms with Gasteiger partial charge in [0.25, 0.3) is 5.91 Å². The smallest absolute Gasteiger partial charge is 0.339 e. The lowest BCUT2D eigenvalue weighted by Crippen LogP contribution is -2.16. The molecule has 0 saturated heterocycles. The third-order valence-electron chi connectivity index (χ3n) is 4.61. The van der Waals surface area contributed by atoms with E-state index in [-0.39, 0.29) is 39.2 Å². The lowest BCUT2D eigenvalue weighted by atomic mass is 10.1. The summed E-state index contributed by atoms with van der Waals surface area (Å²) in [5, 5.41) is 13.0. The Hall–Kier alpha value is -3.50. The van der Waals surface area contributed by atoms with Crippen LogP contribution < -0.4 is 10.1 Å². The number of nitrogens with one attached hydrogen (secondary N) is 1. The summed E-state index contributed by atoms with van der Waals surface area (Å²) in [6.07, 6.45) is 1.33. The van der Waals surface area contributed by atoms with Crippen molar-refractivity contribution in [3.05, 3.63) is 98.0 Å². The van der Waals surface area contributed by atoms with E-state index in [0.717, 1.165) is 5.56 Å². The molecule has 3 rings (SSSR count). The number of nitriles is 1. The van der Waals surface area contributed by atoms with Gasteiger partial charge in [0.05, 0.1) is 28.4 Å². The number of para-hydroxylation sites is 1. The summed E-state index contributed by atoms with van der Waals surface area (Å²) >= 11 is 18.8. The van der Waals surface area contributed by atoms with Crippen LogP contribution in [0.4, 0.5) is 5.69 Å². The zero-order valence-corrected chi connectivity index (χ0v) is 20.0. The van der Waals surface area contributed by atoms with Crippen LogP contribution in [0.2, 0.25) is 15.1 Å². The van der Waals surface area contributed by atoms with Crippen LogP contribution in [0, 0.1) is 11.3 Å². The number of esters is 1. The second-order valence-corrected chi connectivity index (χ2v) is 8.08. The number of rotatable bonds is 7. The van der Waals surface area contributed by atoms with Crippen molar-refractivity contribution in [2.45, 2.75) is 6.61 Å². The summed E-state index contributed by atoms with van der Waals surface area (Å²) in [7, 11) is 1.23. The van der Waals surface area contributed by atoms with E-state index in [9.17, 15) is 14.9 Å². The molecule has 0 spiro atoms. The van der Waals surface area contributed by atoms with Gasteiger partial charge in [-0.3, -0.25) is 4.79 Å². The molecule has 34 heavy (non-hydrogen) atoms. The van der Waals surface area contributed by atoms with E-state index in [1.54, 1.807) is 18.2 Å². The molecule has 0 unspecified atom stereocenters. The molecule has 0 bridgehead atoms. The van der Waals surface area contributed by atoms with Crippen LogP contribution in [0.15, 0.2) is 66.2 Å². The van der Waals surface area contributed by atoms with Gasteiger partial charge in [0.15, 0.2) is 5.75 Å². The number of amides is 1. The van der Waals surface area contributed by atoms with E-state index in [4.69, 9.17) is 44.3 Å². The summed E-state index contributed by atoms with van der Waals surface area (Å²) in [6, 6.07) is 18.4. The van der Waals surface area contributed by atoms with Gasteiger partial charge in [-0.1, -0.05) is 65.1 Å². The van der Waals surface area contributed by atoms with Gasteiger partial charge in [-0.15, -0.1) is 0 Å². The number of halogens is 3. The minimum atomic E-state index is -0.717. The maximum Gasteiger partial charge on any atom is 0.339 e. The fraction of sp³-hybridized carbons (Fsp3) is 0.0800. The minimum Gasteiger partial charge on any atom is -0.486 e. The molecule has 0 aliphatic heterocycles. The van der Waals surface area contributed by atoms with Crippen LogP contribution >= 0.6 is 34.8 Å². The second kappa shape index (κ2) is 11.6. The zero-order valence-electron chi connectivity index (χ0n) is 17.8. The molecule has 9 heteroatoms. The third kappa shape index (κ3) is 6.09. The average Bonchev–Trinajstić information content (AvgIpc) is 2.82. The van der Waals surface area contributed by atoms with Gasteiger partial charge in [-0.25, -0.2) is 4.79 Å². The standard InChI is InChI=1S/C25H17Cl3N2O4/c1-33-25(32)18-7-3-5-9-22(18)30-24(31)17(13-29)10-15-11-20(27)23(21(28)12-15)34-14-16-6-2-4-8-19(16)26/h2-12H,14H2,1H3,(H,30,31)/b17-10+. The molecule has 0 aromatic heterocycles. The number of anilines is 1. The first-order valence-corrected chi connectivity index (χ1v) is 10.9. The number of benzene rings is 3. The van der Waals surface area contributed by atoms with Crippen LogP contribution in [0.5, 0.6) is 5.75 Å². The fourth-order valence-electron chi connectivity index (χ4n) is 2.95. The van der Waals surface area contributed by atoms with Gasteiger partial charge in [-0.05, 0) is 42.0 Å². The van der Waals surface area contributed by atoms with E-state index in [1.165, 1.54) is 37.5 Å². The lowest BCUT2D eigenvalue weighted by molar-refractivity contribution is -0.112. The van der Waals surface area contributed by atoms with E-state index < -0.39 is 11.9 Å². The quantitative estimate of drug-likeness (QED) is 0.219. The number of methoxy groups -OCH3 is 1. The van der Waals surface area contributed by atoms with E-state index in [0.29, 0.717) is 10.6 Å². The molecule has 3 aromatic carbocycles. The highest BCUT2D eigenvalue weighted by Gasteiger charge is 2.17. The van der Waals surface area contributed by atoms with Crippen molar-refractivity contribution >= 4 is 58.4 Å². The first-order valence-electron chi connectivity index (χ1n) is 9.79. The predicted molar refractivity (Wildman–Crippen MR) is 132 cm³/mol. The Morgan fingerprint density at radius 2 is 1.65 bits per heavy atom. The SMILES string of the molecule is COC(=O)c1ccccc1NC(=O)/C(C#N)=C/c1cc(Cl)c(OCc2ccccc2Cl)c(Cl)c1. The zero-order chi connectivity index (χ0) is 24.7. The second-order valence-electron chi connectivity index (χ2n) is 6.85. The van der Waals surface area contributed by atoms with E-state index in [2.05, 4.69) is 5.32 Å². The summed E-state index contributed by atoms with van der Waals surface area (Å²) in [5.74, 6) is -1.09. The van der Waals surface area contributed by atoms with Crippen LogP contribution in [0.1, 0.15) is 21.5 Å². The molecule has 0 radical (unpaired) electrons. The third-order valence-corrected chi connectivity index (χ3v) is 5.54. The number of hydrogen-bond acceptors (Lipinski definition) is 5. The molecule has 0 atom stereocenters. The van der Waals surface area contributed by atoms with Gasteiger partial charge in [0.1, 0.15) is 18.2 Å². The summed E-state index contributed by atoms with van der Waals surface area (Å²) in [6.45, 7) is 0.153. The molecule has 0 fully saturated rings. The van der Waals surface area contributed by atoms with Gasteiger partial charge in [0, 0.05) is 10.6 Å². The molecule has 0 aliphatic rings. The monoisotopic (exact) mass is 514 g/mol. The van der Waals surface area contributed by atoms with Crippen LogP contribution in [-0.2, 0) is 16.1 Å². The molecule has 172 valence electrons. The number of carbonyl (C=O) groups is 2. The average molecular weight is 516 g/mol. The van der Waals surface area contributed by atoms with Crippen LogP contribution in [0.25, 0.3) is 6.08 Å². The van der Waals surface area contributed by atoms with Crippen molar-refractivity contribution in [2.75, 3.05) is 12.4 Å². The largest absolute Gasteiger partial charge is 0.486 e. The Morgan fingerprint density at radius 3 is 2.29 bits per heavy atom. The minimum absolute atomic E-state index is 0.153. The molecule has 0 heterocycles. The van der Waals surface area contributed by atoms with Crippen LogP contribution in [-0.4, -0.2) is 19.0 Å². The summed E-state index contributed by atoms with van der Waals surface area (Å²) < 4.78 is 10.5. The first-order chi connectivity index (χ1) is 16.3. The Kier molecular flexibility index (Phi) is 8.55. The Morgan fingerprint density at radius 1 is 1.00 bits per heavy atom. The van der Waals surface area contributed by atoms with E-state index >= 15 is 0 Å². The van der Waals surface area contributed by atoms with Gasteiger partial charge in [-0.2, -0.15) is 5.26 Å². The van der Waals surface area contributed by atoms with Crippen molar-refractivity contribution in [1.29, 1.82) is 5.26 Å². The van der Waals surface area contributed by atoms with E-state index in [1.807, 2.05) is 24.3 Å². The van der Waals surface area contributed by atoms with Crippen LogP contribution in [0.3, 0.4) is 0 Å². The molecule has 3 aromatic rings. The lowest BCUT2D eigenvalue weighted by Gasteiger charge is -2.12. The Labute approximate surface area is 211 Å². The molecule has 1 amide bonds. The fourth-order valence-corrected chi connectivity index (χ4v) is 3.75. The van der Waals surface area contributed by atoms with Crippen molar-refractivity contribution in [2.24, 2.45) is 0 Å². The van der Waals surface area contributed by atoms with Crippen molar-refractivity contribution in [1.82, 2.24) is 0 Å². The molecular formula is C25H17Cl3N2O4. The molecule has 0 aliphatic carbocycles. The van der Waals surface area contributed by atoms with Gasteiger partial charge >= 0.3 is 5.97 Å². The number of carbonyl (C=O) groups excluding carboxylic acids is 2. The highest BCUT2D eigenvalue weighted by atomic mass is 35.5. The maximum absolute atomic E-state index is 12.7. The van der Waals surface area contributed by atoms with Gasteiger partial charge in [0.2, 0.25) is 0 Å². The van der Waals surface area contributed by atoms with Gasteiger partial charge < -0.3 is 14.8 Å². The Balaban J connectivity index is 1.81. The molecule has 6 nitrogen and oxygen atoms in total. The first kappa shape index (κ1) is 25.1.